The number of pyridine rings is 1. The van der Waals surface area contributed by atoms with Gasteiger partial charge in [-0.3, -0.25) is 0 Å². The summed E-state index contributed by atoms with van der Waals surface area (Å²) in [5.41, 5.74) is 8.56. The molecule has 0 spiro atoms. The molecule has 0 fully saturated rings. The minimum Gasteiger partial charge on any atom is -0.530 e. The van der Waals surface area contributed by atoms with Crippen molar-refractivity contribution in [1.82, 2.24) is 20.3 Å². The number of fused-ring (bicyclic) bond motifs is 1. The summed E-state index contributed by atoms with van der Waals surface area (Å²) in [7, 11) is 0. The average Bonchev–Trinajstić information content (AvgIpc) is 2.76. The summed E-state index contributed by atoms with van der Waals surface area (Å²) in [6.45, 7) is 11.6. The molecule has 0 bridgehead atoms. The van der Waals surface area contributed by atoms with Crippen molar-refractivity contribution in [1.29, 1.82) is 0 Å². The van der Waals surface area contributed by atoms with Crippen LogP contribution in [0.1, 0.15) is 19.8 Å². The van der Waals surface area contributed by atoms with Crippen LogP contribution in [-0.2, 0) is 4.79 Å². The number of nitrogens with one attached hydrogen (secondary N) is 1. The standard InChI is InChI=1S/C17H16FN5.C5H10NO.Li/c1-3-23(4-2)16-15-14(21-17(19)22-16)10-9-13(20-15)11-5-7-12(18)8-6-11;1-2-3-4-6-5-7;/h5-10H,1-4H2,(H2,19,21,22);2-4H2,1H3,(H,6,7);/q-2;-1;+1. The number of nitrogens with zero attached hydrogens (tertiary/aromatic N) is 4. The van der Waals surface area contributed by atoms with Crippen molar-refractivity contribution in [3.63, 3.8) is 0 Å². The summed E-state index contributed by atoms with van der Waals surface area (Å²) in [6.07, 6.45) is 3.77. The van der Waals surface area contributed by atoms with Gasteiger partial charge in [0.2, 0.25) is 5.95 Å². The van der Waals surface area contributed by atoms with Crippen LogP contribution in [0.2, 0.25) is 0 Å². The largest absolute Gasteiger partial charge is 1.00 e. The van der Waals surface area contributed by atoms with Gasteiger partial charge in [0.25, 0.3) is 0 Å². The molecule has 0 saturated heterocycles. The number of nitrogen functional groups attached to an aromatic ring is 1. The smallest absolute Gasteiger partial charge is 0.530 e. The molecule has 0 aliphatic carbocycles. The normalized spacial score (nSPS) is 9.94. The van der Waals surface area contributed by atoms with Crippen molar-refractivity contribution < 1.29 is 28.0 Å². The van der Waals surface area contributed by atoms with Gasteiger partial charge < -0.3 is 34.6 Å². The summed E-state index contributed by atoms with van der Waals surface area (Å²) in [4.78, 5) is 24.4. The van der Waals surface area contributed by atoms with E-state index < -0.39 is 0 Å². The maximum absolute atomic E-state index is 13.1. The number of amides is 1. The van der Waals surface area contributed by atoms with E-state index in [1.165, 1.54) is 12.1 Å². The zero-order valence-electron chi connectivity index (χ0n) is 18.1. The number of nitrogens with two attached hydrogens (primary N) is 1. The van der Waals surface area contributed by atoms with Crippen LogP contribution in [-0.4, -0.2) is 41.0 Å². The molecular formula is C22H26FLiN6O-2. The molecule has 2 aromatic heterocycles. The van der Waals surface area contributed by atoms with Crippen LogP contribution < -0.4 is 34.8 Å². The Kier molecular flexibility index (Phi) is 11.5. The molecule has 3 rings (SSSR count). The number of unbranched alkanes of at least 4 members (excludes halogenated alkanes) is 1. The van der Waals surface area contributed by atoms with E-state index in [1.807, 2.05) is 17.0 Å². The van der Waals surface area contributed by atoms with Crippen LogP contribution in [0.15, 0.2) is 36.4 Å². The monoisotopic (exact) mass is 416 g/mol. The van der Waals surface area contributed by atoms with E-state index in [0.717, 1.165) is 24.9 Å². The van der Waals surface area contributed by atoms with Crippen molar-refractivity contribution in [3.05, 3.63) is 56.1 Å². The van der Waals surface area contributed by atoms with E-state index in [4.69, 9.17) is 5.73 Å². The first-order valence-corrected chi connectivity index (χ1v) is 9.67. The second-order valence-electron chi connectivity index (χ2n) is 6.35. The van der Waals surface area contributed by atoms with Gasteiger partial charge >= 0.3 is 18.9 Å². The first kappa shape index (κ1) is 26.3. The molecule has 9 heteroatoms. The second kappa shape index (κ2) is 13.6. The van der Waals surface area contributed by atoms with E-state index >= 15 is 0 Å². The van der Waals surface area contributed by atoms with E-state index in [2.05, 4.69) is 41.0 Å². The summed E-state index contributed by atoms with van der Waals surface area (Å²) in [5.74, 6) is 0.490. The van der Waals surface area contributed by atoms with Gasteiger partial charge in [-0.15, -0.1) is 13.1 Å². The molecule has 0 unspecified atom stereocenters. The van der Waals surface area contributed by atoms with Crippen LogP contribution in [0, 0.1) is 19.7 Å². The Hall–Kier alpha value is -2.69. The third kappa shape index (κ3) is 7.49. The Balaban J connectivity index is 0.000000523. The molecule has 3 N–H and O–H groups in total. The quantitative estimate of drug-likeness (QED) is 0.238. The van der Waals surface area contributed by atoms with Crippen LogP contribution in [0.3, 0.4) is 0 Å². The first-order valence-electron chi connectivity index (χ1n) is 9.67. The number of halogens is 1. The Morgan fingerprint density at radius 3 is 2.35 bits per heavy atom. The molecule has 1 aromatic carbocycles. The Bertz CT molecular complexity index is 951. The van der Waals surface area contributed by atoms with Gasteiger partial charge in [0, 0.05) is 5.56 Å². The first-order chi connectivity index (χ1) is 14.5. The van der Waals surface area contributed by atoms with Crippen molar-refractivity contribution in [3.8, 4) is 11.3 Å². The fourth-order valence-electron chi connectivity index (χ4n) is 2.66. The molecule has 0 radical (unpaired) electrons. The van der Waals surface area contributed by atoms with Crippen molar-refractivity contribution in [2.75, 3.05) is 30.3 Å². The minimum absolute atomic E-state index is 0. The van der Waals surface area contributed by atoms with E-state index in [-0.39, 0.29) is 30.6 Å². The Morgan fingerprint density at radius 1 is 1.10 bits per heavy atom. The van der Waals surface area contributed by atoms with Crippen LogP contribution in [0.25, 0.3) is 22.3 Å². The third-order valence-electron chi connectivity index (χ3n) is 4.25. The topological polar surface area (TPSA) is 97.0 Å². The molecule has 0 aliphatic heterocycles. The summed E-state index contributed by atoms with van der Waals surface area (Å²) >= 11 is 0. The molecule has 7 nitrogen and oxygen atoms in total. The van der Waals surface area contributed by atoms with Gasteiger partial charge in [0.15, 0.2) is 5.82 Å². The maximum Gasteiger partial charge on any atom is 1.00 e. The molecule has 3 aromatic rings. The zero-order chi connectivity index (χ0) is 21.9. The van der Waals surface area contributed by atoms with Crippen molar-refractivity contribution in [2.45, 2.75) is 19.8 Å². The van der Waals surface area contributed by atoms with Gasteiger partial charge in [-0.2, -0.15) is 11.4 Å². The molecule has 0 saturated carbocycles. The van der Waals surface area contributed by atoms with Crippen LogP contribution in [0.4, 0.5) is 16.2 Å². The Labute approximate surface area is 194 Å². The number of benzene rings is 1. The number of rotatable bonds is 8. The summed E-state index contributed by atoms with van der Waals surface area (Å²) in [6, 6.07) is 9.82. The van der Waals surface area contributed by atoms with E-state index in [1.54, 1.807) is 18.5 Å². The molecule has 0 atom stereocenters. The third-order valence-corrected chi connectivity index (χ3v) is 4.25. The fraction of sp³-hybridized carbons (Fsp3) is 0.273. The number of hydrogen-bond donors (Lipinski definition) is 2. The van der Waals surface area contributed by atoms with Crippen molar-refractivity contribution >= 4 is 29.2 Å². The molecule has 2 heterocycles. The maximum atomic E-state index is 13.1. The SMILES string of the molecule is CCCCN[C-]=O.[CH2-]CN(C[CH2-])c1nc(N)nc2ccc(-c3ccc(F)cc3)nc12.[Li+]. The van der Waals surface area contributed by atoms with Gasteiger partial charge in [-0.25, -0.2) is 14.4 Å². The number of hydrogen-bond acceptors (Lipinski definition) is 6. The molecule has 0 aliphatic rings. The summed E-state index contributed by atoms with van der Waals surface area (Å²) < 4.78 is 13.1. The average molecular weight is 416 g/mol. The predicted octanol–water partition coefficient (Wildman–Crippen LogP) is 0.335. The number of carbonyl (C=O) groups excluding carboxylic acids is 1. The van der Waals surface area contributed by atoms with Crippen molar-refractivity contribution in [2.24, 2.45) is 0 Å². The fourth-order valence-corrected chi connectivity index (χ4v) is 2.66. The van der Waals surface area contributed by atoms with Gasteiger partial charge in [-0.1, -0.05) is 13.3 Å². The molecule has 160 valence electrons. The Morgan fingerprint density at radius 2 is 1.77 bits per heavy atom. The number of anilines is 2. The second-order valence-corrected chi connectivity index (χ2v) is 6.35. The minimum atomic E-state index is -0.286. The van der Waals surface area contributed by atoms with Gasteiger partial charge in [-0.05, 0) is 49.4 Å². The molecule has 1 amide bonds. The summed E-state index contributed by atoms with van der Waals surface area (Å²) in [5, 5.41) is 2.44. The van der Waals surface area contributed by atoms with E-state index in [9.17, 15) is 9.18 Å². The molecule has 31 heavy (non-hydrogen) atoms. The molecular weight excluding hydrogens is 390 g/mol. The van der Waals surface area contributed by atoms with E-state index in [0.29, 0.717) is 35.6 Å². The van der Waals surface area contributed by atoms with Crippen LogP contribution >= 0.6 is 0 Å². The number of aromatic nitrogens is 3. The van der Waals surface area contributed by atoms with Gasteiger partial charge in [0.05, 0.1) is 11.2 Å². The van der Waals surface area contributed by atoms with Crippen LogP contribution in [0.5, 0.6) is 0 Å². The zero-order valence-corrected chi connectivity index (χ0v) is 18.1. The van der Waals surface area contributed by atoms with Gasteiger partial charge in [0.1, 0.15) is 11.3 Å². The predicted molar refractivity (Wildman–Crippen MR) is 119 cm³/mol.